The highest BCUT2D eigenvalue weighted by molar-refractivity contribution is 6.34. The predicted octanol–water partition coefficient (Wildman–Crippen LogP) is 9.94. The summed E-state index contributed by atoms with van der Waals surface area (Å²) in [7, 11) is 0. The van der Waals surface area contributed by atoms with Gasteiger partial charge in [-0.15, -0.1) is 0 Å². The number of nitro groups is 1. The monoisotopic (exact) mass is 681 g/mol. The molecule has 0 spiro atoms. The highest BCUT2D eigenvalue weighted by atomic mass is 35.5. The van der Waals surface area contributed by atoms with E-state index in [0.717, 1.165) is 52.8 Å². The van der Waals surface area contributed by atoms with E-state index in [4.69, 9.17) is 26.1 Å². The van der Waals surface area contributed by atoms with E-state index in [1.54, 1.807) is 24.3 Å². The maximum Gasteiger partial charge on any atom is 0.344 e. The summed E-state index contributed by atoms with van der Waals surface area (Å²) >= 11 is 6.12. The van der Waals surface area contributed by atoms with Crippen LogP contribution in [-0.4, -0.2) is 21.8 Å². The van der Waals surface area contributed by atoms with Crippen LogP contribution < -0.4 is 14.8 Å². The molecule has 1 N–H and O–H groups in total. The van der Waals surface area contributed by atoms with Crippen molar-refractivity contribution in [3.05, 3.63) is 164 Å². The molecule has 1 aliphatic rings. The van der Waals surface area contributed by atoms with E-state index in [0.29, 0.717) is 28.6 Å². The van der Waals surface area contributed by atoms with Gasteiger partial charge in [-0.25, -0.2) is 9.78 Å². The minimum Gasteiger partial charge on any atom is -0.457 e. The molecule has 1 heterocycles. The summed E-state index contributed by atoms with van der Waals surface area (Å²) in [6.45, 7) is 0. The van der Waals surface area contributed by atoms with Gasteiger partial charge in [0.1, 0.15) is 17.2 Å². The van der Waals surface area contributed by atoms with Gasteiger partial charge in [-0.1, -0.05) is 60.1 Å². The molecule has 0 radical (unpaired) electrons. The number of non-ortho nitro benzene ring substituents is 1. The van der Waals surface area contributed by atoms with Crippen molar-refractivity contribution in [3.63, 3.8) is 0 Å². The number of esters is 1. The minimum absolute atomic E-state index is 0.0341. The fourth-order valence-corrected chi connectivity index (χ4v) is 6.13. The lowest BCUT2D eigenvalue weighted by molar-refractivity contribution is -0.384. The summed E-state index contributed by atoms with van der Waals surface area (Å²) in [5, 5.41) is 14.6. The SMILES string of the molecule is O=C(Nc1ccc(OC(=O)c2c3c(nc4ccccc24)/C(=C\c2ccc(Oc4ccccc4)cc2)CCC3)cc1)c1cc([N+](=O)[O-])ccc1Cl. The highest BCUT2D eigenvalue weighted by Gasteiger charge is 2.26. The number of nitro benzene ring substituents is 1. The lowest BCUT2D eigenvalue weighted by atomic mass is 9.86. The number of hydrogen-bond donors (Lipinski definition) is 1. The fourth-order valence-electron chi connectivity index (χ4n) is 5.93. The number of nitrogens with one attached hydrogen (secondary N) is 1. The molecule has 9 nitrogen and oxygen atoms in total. The molecule has 1 aromatic heterocycles. The average molecular weight is 682 g/mol. The smallest absolute Gasteiger partial charge is 0.344 e. The Morgan fingerprint density at radius 3 is 2.28 bits per heavy atom. The lowest BCUT2D eigenvalue weighted by Crippen LogP contribution is -2.17. The molecule has 0 atom stereocenters. The Morgan fingerprint density at radius 1 is 0.820 bits per heavy atom. The van der Waals surface area contributed by atoms with Crippen molar-refractivity contribution in [2.75, 3.05) is 5.32 Å². The number of allylic oxidation sites excluding steroid dienone is 1. The molecule has 1 amide bonds. The highest BCUT2D eigenvalue weighted by Crippen LogP contribution is 2.37. The number of carbonyl (C=O) groups is 2. The summed E-state index contributed by atoms with van der Waals surface area (Å²) in [4.78, 5) is 42.3. The third-order valence-corrected chi connectivity index (χ3v) is 8.63. The topological polar surface area (TPSA) is 121 Å². The number of pyridine rings is 1. The van der Waals surface area contributed by atoms with Gasteiger partial charge in [0.15, 0.2) is 0 Å². The average Bonchev–Trinajstić information content (AvgIpc) is 3.13. The summed E-state index contributed by atoms with van der Waals surface area (Å²) in [6, 6.07) is 34.9. The number of anilines is 1. The minimum atomic E-state index is -0.612. The van der Waals surface area contributed by atoms with Crippen LogP contribution >= 0.6 is 11.6 Å². The number of rotatable bonds is 8. The number of carbonyl (C=O) groups excluding carboxylic acids is 2. The van der Waals surface area contributed by atoms with E-state index in [1.807, 2.05) is 78.9 Å². The third-order valence-electron chi connectivity index (χ3n) is 8.30. The van der Waals surface area contributed by atoms with Crippen LogP contribution in [0.4, 0.5) is 11.4 Å². The molecule has 6 aromatic rings. The van der Waals surface area contributed by atoms with Gasteiger partial charge in [0, 0.05) is 23.2 Å². The van der Waals surface area contributed by atoms with E-state index in [2.05, 4.69) is 11.4 Å². The van der Waals surface area contributed by atoms with Crippen LogP contribution in [0.15, 0.2) is 121 Å². The van der Waals surface area contributed by atoms with Crippen LogP contribution in [0.25, 0.3) is 22.6 Å². The van der Waals surface area contributed by atoms with Crippen molar-refractivity contribution in [2.24, 2.45) is 0 Å². The molecule has 0 aliphatic heterocycles. The molecule has 246 valence electrons. The van der Waals surface area contributed by atoms with E-state index in [9.17, 15) is 19.7 Å². The van der Waals surface area contributed by atoms with Crippen LogP contribution in [0.5, 0.6) is 17.2 Å². The summed E-state index contributed by atoms with van der Waals surface area (Å²) in [6.07, 6.45) is 4.43. The van der Waals surface area contributed by atoms with Crippen molar-refractivity contribution in [1.29, 1.82) is 0 Å². The van der Waals surface area contributed by atoms with Gasteiger partial charge in [-0.05, 0) is 103 Å². The number of nitrogens with zero attached hydrogens (tertiary/aromatic N) is 2. The first-order valence-corrected chi connectivity index (χ1v) is 16.2. The Labute approximate surface area is 291 Å². The van der Waals surface area contributed by atoms with Crippen molar-refractivity contribution >= 4 is 57.4 Å². The molecule has 1 aliphatic carbocycles. The molecular formula is C40H28ClN3O6. The van der Waals surface area contributed by atoms with Gasteiger partial charge in [0.25, 0.3) is 11.6 Å². The summed E-state index contributed by atoms with van der Waals surface area (Å²) in [5.74, 6) is 0.656. The molecule has 0 unspecified atom stereocenters. The Morgan fingerprint density at radius 2 is 1.52 bits per heavy atom. The maximum atomic E-state index is 13.9. The predicted molar refractivity (Wildman–Crippen MR) is 193 cm³/mol. The first-order valence-electron chi connectivity index (χ1n) is 15.9. The molecule has 0 fully saturated rings. The van der Waals surface area contributed by atoms with Crippen molar-refractivity contribution in [2.45, 2.75) is 19.3 Å². The second-order valence-corrected chi connectivity index (χ2v) is 12.0. The second kappa shape index (κ2) is 14.0. The first kappa shape index (κ1) is 32.2. The van der Waals surface area contributed by atoms with E-state index in [1.165, 1.54) is 12.1 Å². The van der Waals surface area contributed by atoms with Crippen LogP contribution in [0.3, 0.4) is 0 Å². The quantitative estimate of drug-likeness (QED) is 0.0734. The molecular weight excluding hydrogens is 654 g/mol. The molecule has 5 aromatic carbocycles. The number of halogens is 1. The first-order chi connectivity index (χ1) is 24.3. The van der Waals surface area contributed by atoms with E-state index < -0.39 is 16.8 Å². The Balaban J connectivity index is 1.13. The largest absolute Gasteiger partial charge is 0.457 e. The Hall–Kier alpha value is -6.32. The lowest BCUT2D eigenvalue weighted by Gasteiger charge is -2.22. The van der Waals surface area contributed by atoms with Gasteiger partial charge in [-0.2, -0.15) is 0 Å². The second-order valence-electron chi connectivity index (χ2n) is 11.6. The van der Waals surface area contributed by atoms with Crippen LogP contribution in [0, 0.1) is 10.1 Å². The van der Waals surface area contributed by atoms with Crippen LogP contribution in [-0.2, 0) is 6.42 Å². The molecule has 0 saturated carbocycles. The van der Waals surface area contributed by atoms with Gasteiger partial charge in [-0.3, -0.25) is 14.9 Å². The number of benzene rings is 5. The number of hydrogen-bond acceptors (Lipinski definition) is 7. The zero-order valence-corrected chi connectivity index (χ0v) is 27.2. The van der Waals surface area contributed by atoms with Crippen molar-refractivity contribution in [3.8, 4) is 17.2 Å². The molecule has 10 heteroatoms. The molecule has 50 heavy (non-hydrogen) atoms. The number of aromatic nitrogens is 1. The van der Waals surface area contributed by atoms with Gasteiger partial charge in [0.05, 0.1) is 32.3 Å². The fraction of sp³-hybridized carbons (Fsp3) is 0.0750. The standard InChI is InChI=1S/C40H28ClN3O6/c41-35-22-17-28(44(47)48)24-34(35)39(45)42-27-15-20-31(21-16-27)50-40(46)37-32-10-4-5-12-36(32)43-38-26(7-6-11-33(37)38)23-25-13-18-30(19-14-25)49-29-8-2-1-3-9-29/h1-5,8-10,12-24H,6-7,11H2,(H,42,45)/b26-23-. The van der Waals surface area contributed by atoms with Crippen LogP contribution in [0.2, 0.25) is 5.02 Å². The molecule has 0 bridgehead atoms. The molecule has 7 rings (SSSR count). The maximum absolute atomic E-state index is 13.9. The zero-order valence-electron chi connectivity index (χ0n) is 26.5. The number of para-hydroxylation sites is 2. The summed E-state index contributed by atoms with van der Waals surface area (Å²) < 4.78 is 11.8. The van der Waals surface area contributed by atoms with Gasteiger partial charge >= 0.3 is 5.97 Å². The third kappa shape index (κ3) is 6.94. The van der Waals surface area contributed by atoms with E-state index >= 15 is 0 Å². The number of amides is 1. The number of fused-ring (bicyclic) bond motifs is 2. The van der Waals surface area contributed by atoms with Crippen molar-refractivity contribution < 1.29 is 24.0 Å². The Kier molecular flexibility index (Phi) is 9.05. The van der Waals surface area contributed by atoms with Gasteiger partial charge in [0.2, 0.25) is 0 Å². The van der Waals surface area contributed by atoms with E-state index in [-0.39, 0.29) is 22.0 Å². The Bertz CT molecular complexity index is 2290. The summed E-state index contributed by atoms with van der Waals surface area (Å²) in [5.41, 5.74) is 4.91. The normalized spacial score (nSPS) is 13.0. The van der Waals surface area contributed by atoms with Crippen molar-refractivity contribution in [1.82, 2.24) is 4.98 Å². The number of ether oxygens (including phenoxy) is 2. The van der Waals surface area contributed by atoms with Gasteiger partial charge < -0.3 is 14.8 Å². The van der Waals surface area contributed by atoms with Crippen LogP contribution in [0.1, 0.15) is 50.4 Å². The zero-order chi connectivity index (χ0) is 34.6. The molecule has 0 saturated heterocycles.